The fourth-order valence-electron chi connectivity index (χ4n) is 2.06. The van der Waals surface area contributed by atoms with Gasteiger partial charge >= 0.3 is 0 Å². The molecule has 1 rings (SSSR count). The molecular formula is C15H25BrN+. The van der Waals surface area contributed by atoms with Crippen LogP contribution in [0.25, 0.3) is 0 Å². The van der Waals surface area contributed by atoms with Crippen LogP contribution in [0.1, 0.15) is 45.1 Å². The minimum atomic E-state index is 1.01. The van der Waals surface area contributed by atoms with Crippen molar-refractivity contribution in [1.29, 1.82) is 0 Å². The molecule has 0 saturated heterocycles. The van der Waals surface area contributed by atoms with Crippen LogP contribution in [0.3, 0.4) is 0 Å². The summed E-state index contributed by atoms with van der Waals surface area (Å²) in [6.07, 6.45) is 5.13. The van der Waals surface area contributed by atoms with Crippen molar-refractivity contribution >= 4 is 16.1 Å². The first-order valence-corrected chi connectivity index (χ1v) is 7.51. The number of unbranched alkanes of at least 4 members (excludes halogenated alkanes) is 2. The van der Waals surface area contributed by atoms with Crippen molar-refractivity contribution in [2.24, 2.45) is 0 Å². The Kier molecular flexibility index (Phi) is 6.83. The Morgan fingerprint density at radius 3 is 1.94 bits per heavy atom. The van der Waals surface area contributed by atoms with E-state index in [9.17, 15) is 0 Å². The number of quaternary nitrogens is 1. The van der Waals surface area contributed by atoms with E-state index < -0.39 is 0 Å². The molecule has 0 radical (unpaired) electrons. The van der Waals surface area contributed by atoms with Crippen LogP contribution in [0.4, 0.5) is 0 Å². The maximum Gasteiger partial charge on any atom is 0.227 e. The minimum absolute atomic E-state index is 1.01. The fourth-order valence-corrected chi connectivity index (χ4v) is 2.85. The lowest BCUT2D eigenvalue weighted by atomic mass is 10.2. The molecule has 0 aliphatic heterocycles. The monoisotopic (exact) mass is 298 g/mol. The van der Waals surface area contributed by atoms with Gasteiger partial charge in [0.2, 0.25) is 16.1 Å². The Bertz CT molecular complexity index is 289. The molecule has 0 bridgehead atoms. The number of nitrogens with zero attached hydrogens (tertiary/aromatic N) is 1. The molecule has 1 aromatic rings. The SMILES string of the molecule is CCCC[N+](Br)(CCCC)Cc1ccccc1. The van der Waals surface area contributed by atoms with E-state index >= 15 is 0 Å². The zero-order valence-electron chi connectivity index (χ0n) is 11.2. The summed E-state index contributed by atoms with van der Waals surface area (Å²) in [6, 6.07) is 10.8. The second-order valence-electron chi connectivity index (χ2n) is 4.83. The van der Waals surface area contributed by atoms with Crippen LogP contribution in [0.15, 0.2) is 30.3 Å². The molecule has 0 fully saturated rings. The Morgan fingerprint density at radius 1 is 0.941 bits per heavy atom. The van der Waals surface area contributed by atoms with E-state index in [4.69, 9.17) is 0 Å². The predicted octanol–water partition coefficient (Wildman–Crippen LogP) is 4.91. The Balaban J connectivity index is 2.61. The van der Waals surface area contributed by atoms with Gasteiger partial charge in [0, 0.05) is 5.56 Å². The quantitative estimate of drug-likeness (QED) is 0.598. The first kappa shape index (κ1) is 14.7. The van der Waals surface area contributed by atoms with Gasteiger partial charge in [0.05, 0.1) is 13.1 Å². The average Bonchev–Trinajstić information content (AvgIpc) is 2.35. The number of hydrogen-bond donors (Lipinski definition) is 0. The molecule has 0 atom stereocenters. The molecule has 17 heavy (non-hydrogen) atoms. The van der Waals surface area contributed by atoms with Crippen LogP contribution in [0, 0.1) is 0 Å². The summed E-state index contributed by atoms with van der Waals surface area (Å²) >= 11 is 3.96. The van der Waals surface area contributed by atoms with Crippen molar-refractivity contribution in [1.82, 2.24) is 0 Å². The van der Waals surface area contributed by atoms with Gasteiger partial charge in [0.25, 0.3) is 0 Å². The van der Waals surface area contributed by atoms with Crippen molar-refractivity contribution in [3.63, 3.8) is 0 Å². The molecule has 0 aromatic heterocycles. The van der Waals surface area contributed by atoms with Crippen molar-refractivity contribution in [3.8, 4) is 0 Å². The van der Waals surface area contributed by atoms with Gasteiger partial charge in [0.1, 0.15) is 6.54 Å². The van der Waals surface area contributed by atoms with Gasteiger partial charge in [-0.05, 0) is 12.8 Å². The second kappa shape index (κ2) is 7.88. The standard InChI is InChI=1S/C15H25BrN/c1-3-5-12-17(16,13-6-4-2)14-15-10-8-7-9-11-15/h7-11H,3-6,12-14H2,1-2H3/q+1. The van der Waals surface area contributed by atoms with E-state index in [0.717, 1.165) is 10.1 Å². The largest absolute Gasteiger partial charge is 0.252 e. The van der Waals surface area contributed by atoms with Gasteiger partial charge in [-0.2, -0.15) is 0 Å². The molecule has 0 saturated carbocycles. The first-order valence-electron chi connectivity index (χ1n) is 6.80. The number of hydrogen-bond acceptors (Lipinski definition) is 0. The summed E-state index contributed by atoms with van der Waals surface area (Å²) in [5.41, 5.74) is 1.43. The van der Waals surface area contributed by atoms with Gasteiger partial charge < -0.3 is 0 Å². The lowest BCUT2D eigenvalue weighted by molar-refractivity contribution is -0.794. The highest BCUT2D eigenvalue weighted by Crippen LogP contribution is 2.23. The van der Waals surface area contributed by atoms with Crippen LogP contribution >= 0.6 is 16.1 Å². The van der Waals surface area contributed by atoms with Crippen LogP contribution in [-0.2, 0) is 6.54 Å². The third-order valence-electron chi connectivity index (χ3n) is 3.13. The van der Waals surface area contributed by atoms with Crippen molar-refractivity contribution < 1.29 is 3.51 Å². The maximum absolute atomic E-state index is 3.96. The zero-order valence-corrected chi connectivity index (χ0v) is 12.7. The second-order valence-corrected chi connectivity index (χ2v) is 6.33. The van der Waals surface area contributed by atoms with Crippen LogP contribution in [-0.4, -0.2) is 16.6 Å². The van der Waals surface area contributed by atoms with E-state index in [1.165, 1.54) is 44.3 Å². The normalized spacial score (nSPS) is 11.7. The highest BCUT2D eigenvalue weighted by molar-refractivity contribution is 9.05. The lowest BCUT2D eigenvalue weighted by Gasteiger charge is -2.30. The van der Waals surface area contributed by atoms with Crippen molar-refractivity contribution in [3.05, 3.63) is 35.9 Å². The van der Waals surface area contributed by atoms with Gasteiger partial charge in [-0.1, -0.05) is 57.0 Å². The summed E-state index contributed by atoms with van der Waals surface area (Å²) in [7, 11) is 0. The van der Waals surface area contributed by atoms with Gasteiger partial charge in [-0.3, -0.25) is 3.51 Å². The number of halogens is 1. The molecular weight excluding hydrogens is 274 g/mol. The molecule has 96 valence electrons. The predicted molar refractivity (Wildman–Crippen MR) is 78.9 cm³/mol. The van der Waals surface area contributed by atoms with Crippen LogP contribution < -0.4 is 0 Å². The highest BCUT2D eigenvalue weighted by atomic mass is 79.9. The molecule has 1 aromatic carbocycles. The molecule has 0 aliphatic carbocycles. The number of benzene rings is 1. The molecule has 0 heterocycles. The molecule has 0 N–H and O–H groups in total. The maximum atomic E-state index is 3.96. The lowest BCUT2D eigenvalue weighted by Crippen LogP contribution is -2.38. The highest BCUT2D eigenvalue weighted by Gasteiger charge is 2.24. The average molecular weight is 299 g/mol. The summed E-state index contributed by atoms with van der Waals surface area (Å²) in [5.74, 6) is 0. The smallest absolute Gasteiger partial charge is 0.227 e. The van der Waals surface area contributed by atoms with Gasteiger partial charge in [0.15, 0.2) is 0 Å². The molecule has 0 unspecified atom stereocenters. The third kappa shape index (κ3) is 5.69. The van der Waals surface area contributed by atoms with Crippen LogP contribution in [0.5, 0.6) is 0 Å². The summed E-state index contributed by atoms with van der Waals surface area (Å²) < 4.78 is 1.01. The molecule has 0 spiro atoms. The zero-order chi connectivity index (χ0) is 12.6. The van der Waals surface area contributed by atoms with E-state index in [0.29, 0.717) is 0 Å². The Hall–Kier alpha value is -0.340. The molecule has 1 nitrogen and oxygen atoms in total. The Morgan fingerprint density at radius 2 is 1.47 bits per heavy atom. The molecule has 2 heteroatoms. The summed E-state index contributed by atoms with van der Waals surface area (Å²) in [5, 5.41) is 0. The summed E-state index contributed by atoms with van der Waals surface area (Å²) in [4.78, 5) is 0. The fraction of sp³-hybridized carbons (Fsp3) is 0.600. The molecule has 0 aliphatic rings. The van der Waals surface area contributed by atoms with Crippen molar-refractivity contribution in [2.45, 2.75) is 46.1 Å². The van der Waals surface area contributed by atoms with E-state index in [1.807, 2.05) is 0 Å². The van der Waals surface area contributed by atoms with Crippen molar-refractivity contribution in [2.75, 3.05) is 13.1 Å². The van der Waals surface area contributed by atoms with Gasteiger partial charge in [-0.15, -0.1) is 0 Å². The third-order valence-corrected chi connectivity index (χ3v) is 4.09. The summed E-state index contributed by atoms with van der Waals surface area (Å²) in [6.45, 7) is 8.08. The van der Waals surface area contributed by atoms with E-state index in [-0.39, 0.29) is 0 Å². The topological polar surface area (TPSA) is 0 Å². The first-order chi connectivity index (χ1) is 8.20. The Labute approximate surface area is 115 Å². The van der Waals surface area contributed by atoms with E-state index in [1.54, 1.807) is 0 Å². The van der Waals surface area contributed by atoms with Crippen LogP contribution in [0.2, 0.25) is 0 Å². The van der Waals surface area contributed by atoms with Gasteiger partial charge in [-0.25, -0.2) is 0 Å². The minimum Gasteiger partial charge on any atom is -0.252 e. The molecule has 0 amide bonds. The van der Waals surface area contributed by atoms with E-state index in [2.05, 4.69) is 60.3 Å². The number of rotatable bonds is 8.